The Hall–Kier alpha value is -2.95. The molecule has 0 atom stereocenters. The first kappa shape index (κ1) is 22.7. The maximum absolute atomic E-state index is 12.9. The lowest BCUT2D eigenvalue weighted by molar-refractivity contribution is -0.114. The third-order valence-corrected chi connectivity index (χ3v) is 6.76. The van der Waals surface area contributed by atoms with Crippen LogP contribution in [-0.4, -0.2) is 33.1 Å². The molecule has 3 rings (SSSR count). The number of ether oxygens (including phenoxy) is 1. The topological polar surface area (TPSA) is 111 Å². The summed E-state index contributed by atoms with van der Waals surface area (Å²) < 4.78 is 38.8. The minimum Gasteiger partial charge on any atom is -0.495 e. The molecule has 2 N–H and O–H groups in total. The second-order valence-corrected chi connectivity index (χ2v) is 9.43. The number of amides is 1. The van der Waals surface area contributed by atoms with Gasteiger partial charge in [0.25, 0.3) is 0 Å². The lowest BCUT2D eigenvalue weighted by Crippen LogP contribution is -2.26. The molecule has 0 saturated heterocycles. The molecule has 1 amide bonds. The summed E-state index contributed by atoms with van der Waals surface area (Å²) in [6, 6.07) is 8.73. The number of benzene rings is 1. The first-order valence-corrected chi connectivity index (χ1v) is 11.8. The van der Waals surface area contributed by atoms with Crippen LogP contribution in [0, 0.1) is 6.92 Å². The van der Waals surface area contributed by atoms with Gasteiger partial charge in [-0.2, -0.15) is 0 Å². The Bertz CT molecular complexity index is 1180. The van der Waals surface area contributed by atoms with Crippen molar-refractivity contribution < 1.29 is 22.5 Å². The molecule has 10 heteroatoms. The van der Waals surface area contributed by atoms with E-state index < -0.39 is 10.0 Å². The molecule has 0 radical (unpaired) electrons. The summed E-state index contributed by atoms with van der Waals surface area (Å²) in [6.45, 7) is 3.39. The van der Waals surface area contributed by atoms with E-state index in [0.717, 1.165) is 4.88 Å². The molecule has 0 fully saturated rings. The number of sulfonamides is 1. The molecular weight excluding hydrogens is 438 g/mol. The van der Waals surface area contributed by atoms with Crippen LogP contribution < -0.4 is 14.8 Å². The third kappa shape index (κ3) is 5.81. The summed E-state index contributed by atoms with van der Waals surface area (Å²) in [6.07, 6.45) is 3.90. The largest absolute Gasteiger partial charge is 0.495 e. The summed E-state index contributed by atoms with van der Waals surface area (Å²) in [5.74, 6) is 0.365. The number of methoxy groups -OCH3 is 1. The quantitative estimate of drug-likeness (QED) is 0.503. The van der Waals surface area contributed by atoms with E-state index in [-0.39, 0.29) is 23.1 Å². The Morgan fingerprint density at radius 2 is 2.10 bits per heavy atom. The Morgan fingerprint density at radius 1 is 1.29 bits per heavy atom. The van der Waals surface area contributed by atoms with Gasteiger partial charge in [0, 0.05) is 18.3 Å². The smallest absolute Gasteiger partial charge is 0.244 e. The normalized spacial score (nSPS) is 11.7. The minimum absolute atomic E-state index is 0.0409. The van der Waals surface area contributed by atoms with Gasteiger partial charge in [0.05, 0.1) is 7.11 Å². The maximum Gasteiger partial charge on any atom is 0.244 e. The molecule has 0 aliphatic carbocycles. The average molecular weight is 462 g/mol. The van der Waals surface area contributed by atoms with Crippen LogP contribution >= 0.6 is 11.3 Å². The van der Waals surface area contributed by atoms with Crippen molar-refractivity contribution in [1.82, 2.24) is 9.88 Å². The highest BCUT2D eigenvalue weighted by atomic mass is 32.2. The van der Waals surface area contributed by atoms with Crippen molar-refractivity contribution in [2.24, 2.45) is 0 Å². The van der Waals surface area contributed by atoms with E-state index in [9.17, 15) is 13.2 Å². The molecule has 3 aromatic rings. The number of rotatable bonds is 9. The van der Waals surface area contributed by atoms with Crippen LogP contribution in [0.3, 0.4) is 0 Å². The molecule has 1 aromatic carbocycles. The molecule has 0 spiro atoms. The number of thiophene rings is 1. The van der Waals surface area contributed by atoms with Crippen molar-refractivity contribution in [3.63, 3.8) is 0 Å². The van der Waals surface area contributed by atoms with Gasteiger partial charge in [-0.1, -0.05) is 23.4 Å². The zero-order chi connectivity index (χ0) is 22.4. The second kappa shape index (κ2) is 9.90. The number of hydrogen-bond donors (Lipinski definition) is 2. The van der Waals surface area contributed by atoms with Crippen molar-refractivity contribution in [3.8, 4) is 5.75 Å². The lowest BCUT2D eigenvalue weighted by Gasteiger charge is -2.11. The lowest BCUT2D eigenvalue weighted by atomic mass is 10.2. The minimum atomic E-state index is -3.78. The number of nitrogens with zero attached hydrogens (tertiary/aromatic N) is 1. The molecular formula is C21H23N3O5S2. The van der Waals surface area contributed by atoms with Crippen molar-refractivity contribution >= 4 is 45.1 Å². The van der Waals surface area contributed by atoms with E-state index >= 15 is 0 Å². The molecule has 0 bridgehead atoms. The van der Waals surface area contributed by atoms with Gasteiger partial charge in [-0.15, -0.1) is 11.3 Å². The molecule has 31 heavy (non-hydrogen) atoms. The summed E-state index contributed by atoms with van der Waals surface area (Å²) in [5.41, 5.74) is 1.63. The zero-order valence-electron chi connectivity index (χ0n) is 17.3. The summed E-state index contributed by atoms with van der Waals surface area (Å²) >= 11 is 1.58. The van der Waals surface area contributed by atoms with Crippen molar-refractivity contribution in [1.29, 1.82) is 0 Å². The first-order chi connectivity index (χ1) is 14.8. The molecule has 0 aliphatic rings. The molecule has 0 aliphatic heterocycles. The fourth-order valence-corrected chi connectivity index (χ4v) is 4.79. The van der Waals surface area contributed by atoms with Gasteiger partial charge in [-0.3, -0.25) is 4.79 Å². The SMILES string of the molecule is COc1ccc(/C=C\c2onc(C)c2NC(C)=O)cc1S(=O)(=O)NCCc1cccs1. The Balaban J connectivity index is 1.82. The number of aromatic nitrogens is 1. The summed E-state index contributed by atoms with van der Waals surface area (Å²) in [7, 11) is -2.36. The number of hydrogen-bond acceptors (Lipinski definition) is 7. The molecule has 0 unspecified atom stereocenters. The van der Waals surface area contributed by atoms with Crippen LogP contribution in [0.2, 0.25) is 0 Å². The molecule has 164 valence electrons. The van der Waals surface area contributed by atoms with E-state index in [0.29, 0.717) is 29.1 Å². The fraction of sp³-hybridized carbons (Fsp3) is 0.238. The standard InChI is InChI=1S/C21H23N3O5S2/c1-14-21(23-15(2)25)19(29-24-14)9-7-16-6-8-18(28-3)20(13-16)31(26,27)22-11-10-17-5-4-12-30-17/h4-9,12-13,22H,10-11H2,1-3H3,(H,23,25)/b9-7-. The van der Waals surface area contributed by atoms with Gasteiger partial charge in [0.1, 0.15) is 22.0 Å². The summed E-state index contributed by atoms with van der Waals surface area (Å²) in [4.78, 5) is 12.5. The highest BCUT2D eigenvalue weighted by Crippen LogP contribution is 2.27. The van der Waals surface area contributed by atoms with Gasteiger partial charge in [-0.05, 0) is 48.6 Å². The van der Waals surface area contributed by atoms with Crippen LogP contribution in [0.15, 0.2) is 45.1 Å². The number of anilines is 1. The predicted octanol–water partition coefficient (Wildman–Crippen LogP) is 3.70. The van der Waals surface area contributed by atoms with Crippen LogP contribution in [0.25, 0.3) is 12.2 Å². The van der Waals surface area contributed by atoms with Crippen molar-refractivity contribution in [3.05, 3.63) is 57.6 Å². The van der Waals surface area contributed by atoms with E-state index in [1.165, 1.54) is 20.1 Å². The van der Waals surface area contributed by atoms with E-state index in [1.54, 1.807) is 42.5 Å². The summed E-state index contributed by atoms with van der Waals surface area (Å²) in [5, 5.41) is 8.48. The van der Waals surface area contributed by atoms with E-state index in [1.807, 2.05) is 17.5 Å². The van der Waals surface area contributed by atoms with Crippen LogP contribution in [0.4, 0.5) is 5.69 Å². The van der Waals surface area contributed by atoms with Gasteiger partial charge in [0.15, 0.2) is 5.76 Å². The highest BCUT2D eigenvalue weighted by molar-refractivity contribution is 7.89. The third-order valence-electron chi connectivity index (χ3n) is 4.34. The zero-order valence-corrected chi connectivity index (χ0v) is 19.0. The van der Waals surface area contributed by atoms with Gasteiger partial charge in [0.2, 0.25) is 15.9 Å². The monoisotopic (exact) mass is 461 g/mol. The van der Waals surface area contributed by atoms with Crippen molar-refractivity contribution in [2.75, 3.05) is 19.0 Å². The molecule has 2 aromatic heterocycles. The highest BCUT2D eigenvalue weighted by Gasteiger charge is 2.20. The number of carbonyl (C=O) groups is 1. The van der Waals surface area contributed by atoms with E-state index in [4.69, 9.17) is 9.26 Å². The Kier molecular flexibility index (Phi) is 7.26. The molecule has 2 heterocycles. The number of carbonyl (C=O) groups excluding carboxylic acids is 1. The fourth-order valence-electron chi connectivity index (χ4n) is 2.85. The Morgan fingerprint density at radius 3 is 2.77 bits per heavy atom. The second-order valence-electron chi connectivity index (χ2n) is 6.66. The van der Waals surface area contributed by atoms with Gasteiger partial charge >= 0.3 is 0 Å². The van der Waals surface area contributed by atoms with Crippen molar-refractivity contribution in [2.45, 2.75) is 25.2 Å². The first-order valence-electron chi connectivity index (χ1n) is 9.42. The van der Waals surface area contributed by atoms with Crippen LogP contribution in [0.5, 0.6) is 5.75 Å². The Labute approximate surface area is 185 Å². The number of nitrogens with one attached hydrogen (secondary N) is 2. The van der Waals surface area contributed by atoms with Crippen LogP contribution in [0.1, 0.15) is 28.8 Å². The van der Waals surface area contributed by atoms with E-state index in [2.05, 4.69) is 15.2 Å². The molecule has 8 nitrogen and oxygen atoms in total. The van der Waals surface area contributed by atoms with Gasteiger partial charge in [-0.25, -0.2) is 13.1 Å². The van der Waals surface area contributed by atoms with Crippen LogP contribution in [-0.2, 0) is 21.2 Å². The average Bonchev–Trinajstić information content (AvgIpc) is 3.36. The van der Waals surface area contributed by atoms with Gasteiger partial charge < -0.3 is 14.6 Å². The number of aryl methyl sites for hydroxylation is 1. The predicted molar refractivity (Wildman–Crippen MR) is 121 cm³/mol. The molecule has 0 saturated carbocycles. The maximum atomic E-state index is 12.9.